The summed E-state index contributed by atoms with van der Waals surface area (Å²) >= 11 is 6.06. The smallest absolute Gasteiger partial charge is 0.409 e. The van der Waals surface area contributed by atoms with Gasteiger partial charge in [0, 0.05) is 31.7 Å². The Hall–Kier alpha value is -2.76. The monoisotopic (exact) mass is 405 g/mol. The first kappa shape index (κ1) is 21.5. The van der Waals surface area contributed by atoms with Crippen molar-refractivity contribution < 1.29 is 14.3 Å². The van der Waals surface area contributed by atoms with E-state index in [1.165, 1.54) is 12.0 Å². The third kappa shape index (κ3) is 5.62. The second-order valence-electron chi connectivity index (χ2n) is 6.27. The van der Waals surface area contributed by atoms with Crippen molar-refractivity contribution in [2.75, 3.05) is 33.8 Å². The van der Waals surface area contributed by atoms with E-state index < -0.39 is 0 Å². The van der Waals surface area contributed by atoms with Gasteiger partial charge in [0.25, 0.3) is 0 Å². The van der Waals surface area contributed by atoms with Crippen LogP contribution in [-0.2, 0) is 11.3 Å². The minimum atomic E-state index is -0.370. The number of nitrogens with zero attached hydrogens (tertiary/aromatic N) is 4. The maximum atomic E-state index is 11.5. The largest absolute Gasteiger partial charge is 0.453 e. The number of rotatable bonds is 8. The van der Waals surface area contributed by atoms with Gasteiger partial charge in [-0.15, -0.1) is 0 Å². The molecule has 1 aromatic heterocycles. The first-order valence-electron chi connectivity index (χ1n) is 8.81. The second-order valence-corrected chi connectivity index (χ2v) is 6.71. The summed E-state index contributed by atoms with van der Waals surface area (Å²) in [7, 11) is 3.05. The first-order valence-corrected chi connectivity index (χ1v) is 9.19. The fourth-order valence-corrected chi connectivity index (χ4v) is 2.84. The number of halogens is 1. The van der Waals surface area contributed by atoms with Crippen molar-refractivity contribution >= 4 is 17.7 Å². The molecule has 0 fully saturated rings. The third-order valence-electron chi connectivity index (χ3n) is 4.24. The molecule has 0 atom stereocenters. The van der Waals surface area contributed by atoms with E-state index in [0.29, 0.717) is 41.7 Å². The van der Waals surface area contributed by atoms with E-state index >= 15 is 0 Å². The number of ether oxygens (including phenoxy) is 2. The predicted molar refractivity (Wildman–Crippen MR) is 106 cm³/mol. The molecule has 0 aliphatic heterocycles. The Morgan fingerprint density at radius 3 is 2.75 bits per heavy atom. The molecule has 0 bridgehead atoms. The van der Waals surface area contributed by atoms with E-state index in [-0.39, 0.29) is 6.09 Å². The van der Waals surface area contributed by atoms with Crippen molar-refractivity contribution in [3.8, 4) is 17.6 Å². The Labute approximate surface area is 169 Å². The van der Waals surface area contributed by atoms with Crippen molar-refractivity contribution in [3.63, 3.8) is 0 Å². The van der Waals surface area contributed by atoms with E-state index in [0.717, 1.165) is 17.9 Å². The lowest BCUT2D eigenvalue weighted by atomic mass is 10.2. The highest BCUT2D eigenvalue weighted by molar-refractivity contribution is 6.30. The summed E-state index contributed by atoms with van der Waals surface area (Å²) in [6.45, 7) is 6.40. The minimum absolute atomic E-state index is 0.370. The van der Waals surface area contributed by atoms with E-state index in [9.17, 15) is 4.79 Å². The van der Waals surface area contributed by atoms with E-state index in [1.807, 2.05) is 13.8 Å². The number of hydrogen-bond acceptors (Lipinski definition) is 6. The molecular formula is C19H24ClN5O3. The van der Waals surface area contributed by atoms with Gasteiger partial charge in [-0.3, -0.25) is 10.00 Å². The number of benzene rings is 1. The van der Waals surface area contributed by atoms with Crippen LogP contribution in [0.4, 0.5) is 4.79 Å². The van der Waals surface area contributed by atoms with Crippen molar-refractivity contribution in [1.82, 2.24) is 20.0 Å². The highest BCUT2D eigenvalue weighted by atomic mass is 35.5. The normalized spacial score (nSPS) is 10.6. The fraction of sp³-hybridized carbons (Fsp3) is 0.421. The van der Waals surface area contributed by atoms with Gasteiger partial charge in [-0.2, -0.15) is 10.4 Å². The minimum Gasteiger partial charge on any atom is -0.453 e. The Bertz CT molecular complexity index is 862. The summed E-state index contributed by atoms with van der Waals surface area (Å²) in [5, 5.41) is 16.8. The first-order chi connectivity index (χ1) is 13.4. The number of amides is 1. The van der Waals surface area contributed by atoms with Crippen LogP contribution in [0.5, 0.6) is 11.5 Å². The summed E-state index contributed by atoms with van der Waals surface area (Å²) in [6.07, 6.45) is -0.370. The molecule has 0 spiro atoms. The van der Waals surface area contributed by atoms with Crippen molar-refractivity contribution in [1.29, 1.82) is 5.26 Å². The third-order valence-corrected chi connectivity index (χ3v) is 4.46. The highest BCUT2D eigenvalue weighted by Gasteiger charge is 2.17. The lowest BCUT2D eigenvalue weighted by Gasteiger charge is -2.23. The maximum absolute atomic E-state index is 11.5. The van der Waals surface area contributed by atoms with Crippen LogP contribution in [0.15, 0.2) is 18.2 Å². The molecule has 1 aromatic carbocycles. The number of carbonyl (C=O) groups excluding carboxylic acids is 1. The number of nitrogens with one attached hydrogen (secondary N) is 1. The lowest BCUT2D eigenvalue weighted by molar-refractivity contribution is 0.126. The van der Waals surface area contributed by atoms with E-state index in [1.54, 1.807) is 25.2 Å². The molecule has 0 saturated heterocycles. The molecule has 1 heterocycles. The van der Waals surface area contributed by atoms with Gasteiger partial charge in [-0.05, 0) is 31.7 Å². The van der Waals surface area contributed by atoms with Crippen LogP contribution in [0.1, 0.15) is 23.9 Å². The molecule has 9 heteroatoms. The molecule has 0 radical (unpaired) electrons. The van der Waals surface area contributed by atoms with Gasteiger partial charge in [-0.1, -0.05) is 18.5 Å². The molecule has 0 aliphatic carbocycles. The summed E-state index contributed by atoms with van der Waals surface area (Å²) in [5.41, 5.74) is 1.93. The van der Waals surface area contributed by atoms with Crippen LogP contribution in [0.2, 0.25) is 5.02 Å². The van der Waals surface area contributed by atoms with Gasteiger partial charge in [0.15, 0.2) is 5.75 Å². The van der Waals surface area contributed by atoms with Crippen molar-refractivity contribution in [2.24, 2.45) is 0 Å². The van der Waals surface area contributed by atoms with Gasteiger partial charge < -0.3 is 14.4 Å². The molecule has 0 aliphatic rings. The van der Waals surface area contributed by atoms with Gasteiger partial charge >= 0.3 is 6.09 Å². The average molecular weight is 406 g/mol. The maximum Gasteiger partial charge on any atom is 0.409 e. The number of methoxy groups -OCH3 is 1. The van der Waals surface area contributed by atoms with Gasteiger partial charge in [0.1, 0.15) is 11.4 Å². The Kier molecular flexibility index (Phi) is 7.67. The standard InChI is InChI=1S/C19H24ClN5O3/c1-5-25(7-6-24(3)19(26)27-4)12-17-18(13(2)22-23-17)28-16-9-14(11-21)8-15(20)10-16/h8-10H,5-7,12H2,1-4H3,(H,22,23). The molecule has 2 rings (SSSR count). The molecule has 150 valence electrons. The number of H-pyrrole nitrogens is 1. The number of likely N-dealkylation sites (N-methyl/N-ethyl adjacent to an activating group) is 2. The zero-order valence-electron chi connectivity index (χ0n) is 16.5. The lowest BCUT2D eigenvalue weighted by Crippen LogP contribution is -2.36. The number of carbonyl (C=O) groups is 1. The SMILES string of the molecule is CCN(CCN(C)C(=O)OC)Cc1n[nH]c(C)c1Oc1cc(Cl)cc(C#N)c1. The van der Waals surface area contributed by atoms with Crippen molar-refractivity contribution in [3.05, 3.63) is 40.2 Å². The van der Waals surface area contributed by atoms with Gasteiger partial charge in [0.2, 0.25) is 0 Å². The van der Waals surface area contributed by atoms with Crippen LogP contribution in [0, 0.1) is 18.3 Å². The number of aryl methyl sites for hydroxylation is 1. The molecular weight excluding hydrogens is 382 g/mol. The molecule has 1 N–H and O–H groups in total. The van der Waals surface area contributed by atoms with E-state index in [4.69, 9.17) is 26.3 Å². The Morgan fingerprint density at radius 2 is 2.11 bits per heavy atom. The topological polar surface area (TPSA) is 94.5 Å². The van der Waals surface area contributed by atoms with Crippen molar-refractivity contribution in [2.45, 2.75) is 20.4 Å². The number of nitriles is 1. The molecule has 8 nitrogen and oxygen atoms in total. The predicted octanol–water partition coefficient (Wildman–Crippen LogP) is 3.56. The van der Waals surface area contributed by atoms with Crippen LogP contribution >= 0.6 is 11.6 Å². The summed E-state index contributed by atoms with van der Waals surface area (Å²) in [6, 6.07) is 6.92. The quantitative estimate of drug-likeness (QED) is 0.721. The summed E-state index contributed by atoms with van der Waals surface area (Å²) in [5.74, 6) is 1.08. The molecule has 2 aromatic rings. The second kappa shape index (κ2) is 9.97. The zero-order chi connectivity index (χ0) is 20.7. The molecule has 28 heavy (non-hydrogen) atoms. The number of aromatic amines is 1. The molecule has 1 amide bonds. The van der Waals surface area contributed by atoms with Gasteiger partial charge in [-0.25, -0.2) is 4.79 Å². The average Bonchev–Trinajstić information content (AvgIpc) is 3.02. The molecule has 0 unspecified atom stereocenters. The summed E-state index contributed by atoms with van der Waals surface area (Å²) in [4.78, 5) is 15.2. The Morgan fingerprint density at radius 1 is 1.36 bits per heavy atom. The number of hydrogen-bond donors (Lipinski definition) is 1. The highest BCUT2D eigenvalue weighted by Crippen LogP contribution is 2.30. The van der Waals surface area contributed by atoms with E-state index in [2.05, 4.69) is 21.2 Å². The van der Waals surface area contributed by atoms with Crippen LogP contribution in [0.3, 0.4) is 0 Å². The van der Waals surface area contributed by atoms with Gasteiger partial charge in [0.05, 0.1) is 24.4 Å². The van der Waals surface area contributed by atoms with Crippen LogP contribution in [-0.4, -0.2) is 59.9 Å². The Balaban J connectivity index is 2.12. The fourth-order valence-electron chi connectivity index (χ4n) is 2.62. The molecule has 0 saturated carbocycles. The number of aromatic nitrogens is 2. The zero-order valence-corrected chi connectivity index (χ0v) is 17.2. The van der Waals surface area contributed by atoms with Crippen LogP contribution < -0.4 is 4.74 Å². The van der Waals surface area contributed by atoms with Crippen LogP contribution in [0.25, 0.3) is 0 Å². The summed E-state index contributed by atoms with van der Waals surface area (Å²) < 4.78 is 10.7.